The van der Waals surface area contributed by atoms with Crippen LogP contribution < -0.4 is 0 Å². The van der Waals surface area contributed by atoms with Crippen LogP contribution in [0, 0.1) is 11.8 Å². The quantitative estimate of drug-likeness (QED) is 0.469. The summed E-state index contributed by atoms with van der Waals surface area (Å²) in [6.45, 7) is 0. The van der Waals surface area contributed by atoms with Crippen molar-refractivity contribution in [3.05, 3.63) is 67.6 Å². The minimum atomic E-state index is -0.000473. The number of ketones is 1. The van der Waals surface area contributed by atoms with Crippen LogP contribution in [0.1, 0.15) is 43.2 Å². The lowest BCUT2D eigenvalue weighted by Crippen LogP contribution is -2.28. The van der Waals surface area contributed by atoms with E-state index in [9.17, 15) is 4.79 Å². The number of Topliss-reactive ketones (excluding diaryl/α,β-unsaturated/α-hetero) is 1. The maximum atomic E-state index is 13.3. The van der Waals surface area contributed by atoms with Gasteiger partial charge in [0.05, 0.1) is 0 Å². The second-order valence-corrected chi connectivity index (χ2v) is 9.14. The molecule has 0 spiro atoms. The summed E-state index contributed by atoms with van der Waals surface area (Å²) in [6, 6.07) is 11.1. The first-order valence-electron chi connectivity index (χ1n) is 9.34. The number of benzene rings is 2. The summed E-state index contributed by atoms with van der Waals surface area (Å²) in [5.74, 6) is 0.334. The van der Waals surface area contributed by atoms with Gasteiger partial charge >= 0.3 is 0 Å². The van der Waals surface area contributed by atoms with E-state index in [2.05, 4.69) is 0 Å². The zero-order valence-corrected chi connectivity index (χ0v) is 18.0. The van der Waals surface area contributed by atoms with E-state index in [-0.39, 0.29) is 11.8 Å². The summed E-state index contributed by atoms with van der Waals surface area (Å²) in [6.07, 6.45) is 6.52. The highest BCUT2D eigenvalue weighted by atomic mass is 35.5. The number of carbonyl (C=O) groups excluding carboxylic acids is 1. The third-order valence-corrected chi connectivity index (χ3v) is 6.09. The zero-order valence-electron chi connectivity index (χ0n) is 15.0. The summed E-state index contributed by atoms with van der Waals surface area (Å²) >= 11 is 24.5. The Kier molecular flexibility index (Phi) is 7.50. The van der Waals surface area contributed by atoms with Crippen LogP contribution >= 0.6 is 46.4 Å². The van der Waals surface area contributed by atoms with Gasteiger partial charge in [-0.3, -0.25) is 4.79 Å². The molecule has 1 saturated carbocycles. The summed E-state index contributed by atoms with van der Waals surface area (Å²) < 4.78 is 0. The highest BCUT2D eigenvalue weighted by molar-refractivity contribution is 6.35. The second-order valence-electron chi connectivity index (χ2n) is 7.40. The Morgan fingerprint density at radius 1 is 0.630 bits per heavy atom. The molecule has 1 fully saturated rings. The van der Waals surface area contributed by atoms with E-state index in [0.29, 0.717) is 38.7 Å². The van der Waals surface area contributed by atoms with Crippen LogP contribution in [0.4, 0.5) is 0 Å². The van der Waals surface area contributed by atoms with Crippen LogP contribution in [0.25, 0.3) is 0 Å². The Balaban J connectivity index is 1.78. The molecule has 0 saturated heterocycles. The molecule has 0 aliphatic heterocycles. The molecule has 3 rings (SSSR count). The molecule has 2 atom stereocenters. The lowest BCUT2D eigenvalue weighted by Gasteiger charge is -2.26. The fraction of sp³-hybridized carbons (Fsp3) is 0.409. The van der Waals surface area contributed by atoms with Crippen LogP contribution in [-0.4, -0.2) is 5.78 Å². The van der Waals surface area contributed by atoms with E-state index in [4.69, 9.17) is 46.4 Å². The predicted molar refractivity (Wildman–Crippen MR) is 115 cm³/mol. The van der Waals surface area contributed by atoms with E-state index >= 15 is 0 Å². The van der Waals surface area contributed by atoms with Crippen LogP contribution in [0.15, 0.2) is 36.4 Å². The van der Waals surface area contributed by atoms with Crippen molar-refractivity contribution in [2.75, 3.05) is 0 Å². The molecule has 2 aromatic carbocycles. The van der Waals surface area contributed by atoms with Crippen LogP contribution in [-0.2, 0) is 17.6 Å². The van der Waals surface area contributed by atoms with E-state index in [1.165, 1.54) is 0 Å². The molecule has 144 valence electrons. The smallest absolute Gasteiger partial charge is 0.139 e. The summed E-state index contributed by atoms with van der Waals surface area (Å²) in [4.78, 5) is 13.3. The number of hydrogen-bond acceptors (Lipinski definition) is 1. The predicted octanol–water partition coefficient (Wildman–Crippen LogP) is 7.85. The SMILES string of the molecule is O=C1C(Cc2cc(Cl)cc(Cl)c2)CCCCCC1Cc1cc(Cl)cc(Cl)c1. The Morgan fingerprint density at radius 3 is 1.37 bits per heavy atom. The van der Waals surface area contributed by atoms with Gasteiger partial charge in [-0.15, -0.1) is 0 Å². The van der Waals surface area contributed by atoms with Crippen molar-refractivity contribution in [1.82, 2.24) is 0 Å². The molecule has 27 heavy (non-hydrogen) atoms. The minimum Gasteiger partial charge on any atom is -0.299 e. The molecule has 5 heteroatoms. The maximum absolute atomic E-state index is 13.3. The van der Waals surface area contributed by atoms with Crippen molar-refractivity contribution in [1.29, 1.82) is 0 Å². The monoisotopic (exact) mass is 442 g/mol. The minimum absolute atomic E-state index is 0.000473. The fourth-order valence-corrected chi connectivity index (χ4v) is 5.15. The molecule has 0 heterocycles. The van der Waals surface area contributed by atoms with E-state index < -0.39 is 0 Å². The highest BCUT2D eigenvalue weighted by Crippen LogP contribution is 2.31. The van der Waals surface area contributed by atoms with Gasteiger partial charge in [0, 0.05) is 31.9 Å². The Bertz CT molecular complexity index is 712. The third kappa shape index (κ3) is 6.12. The van der Waals surface area contributed by atoms with Crippen molar-refractivity contribution >= 4 is 52.2 Å². The Hall–Kier alpha value is -0.730. The van der Waals surface area contributed by atoms with Gasteiger partial charge in [0.25, 0.3) is 0 Å². The largest absolute Gasteiger partial charge is 0.299 e. The maximum Gasteiger partial charge on any atom is 0.139 e. The number of rotatable bonds is 4. The van der Waals surface area contributed by atoms with Crippen molar-refractivity contribution in [2.45, 2.75) is 44.9 Å². The van der Waals surface area contributed by atoms with Crippen molar-refractivity contribution in [3.8, 4) is 0 Å². The summed E-state index contributed by atoms with van der Waals surface area (Å²) in [5, 5.41) is 2.45. The molecular weight excluding hydrogens is 422 g/mol. The molecule has 0 radical (unpaired) electrons. The van der Waals surface area contributed by atoms with E-state index in [1.54, 1.807) is 12.1 Å². The number of carbonyl (C=O) groups is 1. The average Bonchev–Trinajstić information content (AvgIpc) is 2.56. The highest BCUT2D eigenvalue weighted by Gasteiger charge is 2.28. The summed E-state index contributed by atoms with van der Waals surface area (Å²) in [5.41, 5.74) is 2.05. The van der Waals surface area contributed by atoms with Gasteiger partial charge in [-0.05, 0) is 73.2 Å². The molecular formula is C22H22Cl4O. The molecule has 0 aromatic heterocycles. The Labute approximate surface area is 181 Å². The van der Waals surface area contributed by atoms with Gasteiger partial charge in [-0.2, -0.15) is 0 Å². The second kappa shape index (κ2) is 9.65. The number of halogens is 4. The van der Waals surface area contributed by atoms with Crippen molar-refractivity contribution in [2.24, 2.45) is 11.8 Å². The van der Waals surface area contributed by atoms with Crippen LogP contribution in [0.3, 0.4) is 0 Å². The molecule has 0 N–H and O–H groups in total. The van der Waals surface area contributed by atoms with Gasteiger partial charge in [-0.25, -0.2) is 0 Å². The van der Waals surface area contributed by atoms with Gasteiger partial charge in [0.2, 0.25) is 0 Å². The van der Waals surface area contributed by atoms with Crippen LogP contribution in [0.2, 0.25) is 20.1 Å². The first kappa shape index (κ1) is 21.0. The molecule has 1 aliphatic rings. The van der Waals surface area contributed by atoms with Gasteiger partial charge in [0.15, 0.2) is 0 Å². The topological polar surface area (TPSA) is 17.1 Å². The standard InChI is InChI=1S/C22H22Cl4O/c23-18-8-14(9-19(24)12-18)6-16-4-2-1-3-5-17(22(16)27)7-15-10-20(25)13-21(26)11-15/h8-13,16-17H,1-7H2. The Morgan fingerprint density at radius 2 is 1.00 bits per heavy atom. The van der Waals surface area contributed by atoms with Crippen molar-refractivity contribution in [3.63, 3.8) is 0 Å². The molecule has 2 aromatic rings. The molecule has 1 nitrogen and oxygen atoms in total. The molecule has 0 amide bonds. The van der Waals surface area contributed by atoms with E-state index in [0.717, 1.165) is 43.2 Å². The lowest BCUT2D eigenvalue weighted by atomic mass is 9.78. The van der Waals surface area contributed by atoms with Gasteiger partial charge in [0.1, 0.15) is 5.78 Å². The zero-order chi connectivity index (χ0) is 19.4. The van der Waals surface area contributed by atoms with Crippen molar-refractivity contribution < 1.29 is 4.79 Å². The molecule has 1 aliphatic carbocycles. The fourth-order valence-electron chi connectivity index (χ4n) is 4.01. The first-order chi connectivity index (χ1) is 12.9. The molecule has 0 bridgehead atoms. The third-order valence-electron chi connectivity index (χ3n) is 5.22. The number of hydrogen-bond donors (Lipinski definition) is 0. The normalized spacial score (nSPS) is 21.0. The lowest BCUT2D eigenvalue weighted by molar-refractivity contribution is -0.127. The average molecular weight is 444 g/mol. The summed E-state index contributed by atoms with van der Waals surface area (Å²) in [7, 11) is 0. The van der Waals surface area contributed by atoms with E-state index in [1.807, 2.05) is 24.3 Å². The molecule has 2 unspecified atom stereocenters. The van der Waals surface area contributed by atoms with Gasteiger partial charge in [-0.1, -0.05) is 65.7 Å². The first-order valence-corrected chi connectivity index (χ1v) is 10.9. The van der Waals surface area contributed by atoms with Gasteiger partial charge < -0.3 is 0 Å². The van der Waals surface area contributed by atoms with Crippen LogP contribution in [0.5, 0.6) is 0 Å².